The van der Waals surface area contributed by atoms with E-state index in [1.165, 1.54) is 6.20 Å². The lowest BCUT2D eigenvalue weighted by molar-refractivity contribution is -0.137. The van der Waals surface area contributed by atoms with Crippen molar-refractivity contribution >= 4 is 40.8 Å². The SMILES string of the molecule is Cc1cc(Nc2nc(N3CCC(N)CC3)nc3cc[nH]c(=O)c23)cc(C(F)(F)F)c1.Cl. The van der Waals surface area contributed by atoms with E-state index in [-0.39, 0.29) is 35.3 Å². The maximum Gasteiger partial charge on any atom is 0.416 e. The van der Waals surface area contributed by atoms with Crippen molar-refractivity contribution < 1.29 is 13.2 Å². The van der Waals surface area contributed by atoms with Gasteiger partial charge in [-0.1, -0.05) is 0 Å². The highest BCUT2D eigenvalue weighted by Crippen LogP contribution is 2.33. The maximum atomic E-state index is 13.2. The van der Waals surface area contributed by atoms with Crippen molar-refractivity contribution in [3.63, 3.8) is 0 Å². The second kappa shape index (κ2) is 8.72. The largest absolute Gasteiger partial charge is 0.416 e. The fourth-order valence-corrected chi connectivity index (χ4v) is 3.57. The summed E-state index contributed by atoms with van der Waals surface area (Å²) in [4.78, 5) is 25.9. The molecule has 0 aliphatic carbocycles. The first-order chi connectivity index (χ1) is 14.2. The highest BCUT2D eigenvalue weighted by atomic mass is 35.5. The number of alkyl halides is 3. The van der Waals surface area contributed by atoms with Crippen LogP contribution in [0.5, 0.6) is 0 Å². The number of H-pyrrole nitrogens is 1. The third-order valence-electron chi connectivity index (χ3n) is 5.10. The molecule has 3 aromatic rings. The molecule has 3 heterocycles. The van der Waals surface area contributed by atoms with E-state index in [1.807, 2.05) is 4.90 Å². The molecule has 166 valence electrons. The number of halogens is 4. The van der Waals surface area contributed by atoms with Gasteiger partial charge in [0.05, 0.1) is 11.1 Å². The number of anilines is 3. The Morgan fingerprint density at radius 2 is 1.90 bits per heavy atom. The number of hydrogen-bond acceptors (Lipinski definition) is 6. The molecule has 0 unspecified atom stereocenters. The second-order valence-corrected chi connectivity index (χ2v) is 7.47. The van der Waals surface area contributed by atoms with Gasteiger partial charge in [-0.05, 0) is 49.6 Å². The van der Waals surface area contributed by atoms with Crippen LogP contribution in [0.3, 0.4) is 0 Å². The van der Waals surface area contributed by atoms with Gasteiger partial charge in [-0.2, -0.15) is 18.2 Å². The lowest BCUT2D eigenvalue weighted by atomic mass is 10.1. The molecule has 31 heavy (non-hydrogen) atoms. The summed E-state index contributed by atoms with van der Waals surface area (Å²) < 4.78 is 39.7. The maximum absolute atomic E-state index is 13.2. The van der Waals surface area contributed by atoms with Gasteiger partial charge in [0, 0.05) is 31.0 Å². The van der Waals surface area contributed by atoms with Gasteiger partial charge in [0.15, 0.2) is 0 Å². The lowest BCUT2D eigenvalue weighted by Crippen LogP contribution is -2.40. The minimum atomic E-state index is -4.48. The topological polar surface area (TPSA) is 99.9 Å². The van der Waals surface area contributed by atoms with Gasteiger partial charge in [-0.3, -0.25) is 4.79 Å². The molecular formula is C20H22ClF3N6O. The Bertz CT molecular complexity index is 1140. The van der Waals surface area contributed by atoms with Crippen LogP contribution in [0.1, 0.15) is 24.0 Å². The molecule has 7 nitrogen and oxygen atoms in total. The van der Waals surface area contributed by atoms with Gasteiger partial charge in [0.2, 0.25) is 5.95 Å². The number of fused-ring (bicyclic) bond motifs is 1. The molecule has 1 saturated heterocycles. The van der Waals surface area contributed by atoms with Crippen molar-refractivity contribution in [3.8, 4) is 0 Å². The van der Waals surface area contributed by atoms with E-state index >= 15 is 0 Å². The average Bonchev–Trinajstić information content (AvgIpc) is 2.67. The molecule has 0 amide bonds. The van der Waals surface area contributed by atoms with Crippen LogP contribution in [0.15, 0.2) is 35.3 Å². The van der Waals surface area contributed by atoms with Gasteiger partial charge in [0.1, 0.15) is 11.2 Å². The average molecular weight is 455 g/mol. The number of benzene rings is 1. The lowest BCUT2D eigenvalue weighted by Gasteiger charge is -2.30. The first-order valence-electron chi connectivity index (χ1n) is 9.56. The highest BCUT2D eigenvalue weighted by Gasteiger charge is 2.31. The summed E-state index contributed by atoms with van der Waals surface area (Å²) in [5.41, 5.74) is 5.80. The van der Waals surface area contributed by atoms with Crippen molar-refractivity contribution in [1.29, 1.82) is 0 Å². The third kappa shape index (κ3) is 4.91. The van der Waals surface area contributed by atoms with Crippen LogP contribution in [-0.2, 0) is 6.18 Å². The molecule has 1 aliphatic heterocycles. The second-order valence-electron chi connectivity index (χ2n) is 7.47. The van der Waals surface area contributed by atoms with Crippen molar-refractivity contribution in [3.05, 3.63) is 51.9 Å². The quantitative estimate of drug-likeness (QED) is 0.557. The molecule has 0 saturated carbocycles. The number of aromatic nitrogens is 3. The molecule has 1 aromatic carbocycles. The molecule has 1 aliphatic rings. The Kier molecular flexibility index (Phi) is 6.42. The predicted molar refractivity (Wildman–Crippen MR) is 116 cm³/mol. The molecule has 11 heteroatoms. The van der Waals surface area contributed by atoms with Crippen LogP contribution < -0.4 is 21.5 Å². The predicted octanol–water partition coefficient (Wildman–Crippen LogP) is 3.74. The first-order valence-corrected chi connectivity index (χ1v) is 9.56. The molecule has 0 radical (unpaired) electrons. The summed E-state index contributed by atoms with van der Waals surface area (Å²) in [6, 6.07) is 5.39. The van der Waals surface area contributed by atoms with Gasteiger partial charge in [0.25, 0.3) is 5.56 Å². The smallest absolute Gasteiger partial charge is 0.341 e. The van der Waals surface area contributed by atoms with E-state index in [0.29, 0.717) is 30.1 Å². The number of nitrogens with two attached hydrogens (primary N) is 1. The first kappa shape index (κ1) is 22.8. The molecular weight excluding hydrogens is 433 g/mol. The van der Waals surface area contributed by atoms with Crippen molar-refractivity contribution in [2.45, 2.75) is 32.0 Å². The van der Waals surface area contributed by atoms with Crippen LogP contribution in [0.2, 0.25) is 0 Å². The number of piperidine rings is 1. The Labute approximate surface area is 182 Å². The Balaban J connectivity index is 0.00000272. The van der Waals surface area contributed by atoms with E-state index < -0.39 is 17.3 Å². The van der Waals surface area contributed by atoms with E-state index in [1.54, 1.807) is 19.1 Å². The minimum Gasteiger partial charge on any atom is -0.341 e. The van der Waals surface area contributed by atoms with Crippen LogP contribution in [0, 0.1) is 6.92 Å². The summed E-state index contributed by atoms with van der Waals surface area (Å²) in [5, 5.41) is 3.09. The number of nitrogens with one attached hydrogen (secondary N) is 2. The Morgan fingerprint density at radius 1 is 1.19 bits per heavy atom. The number of aryl methyl sites for hydroxylation is 1. The van der Waals surface area contributed by atoms with Crippen molar-refractivity contribution in [2.24, 2.45) is 5.73 Å². The van der Waals surface area contributed by atoms with Crippen molar-refractivity contribution in [2.75, 3.05) is 23.3 Å². The molecule has 2 aromatic heterocycles. The van der Waals surface area contributed by atoms with E-state index in [9.17, 15) is 18.0 Å². The van der Waals surface area contributed by atoms with Crippen LogP contribution in [0.25, 0.3) is 10.9 Å². The summed E-state index contributed by atoms with van der Waals surface area (Å²) in [7, 11) is 0. The summed E-state index contributed by atoms with van der Waals surface area (Å²) in [6.07, 6.45) is -1.43. The number of pyridine rings is 1. The zero-order valence-electron chi connectivity index (χ0n) is 16.7. The number of rotatable bonds is 3. The molecule has 4 N–H and O–H groups in total. The zero-order valence-corrected chi connectivity index (χ0v) is 17.5. The number of nitrogens with zero attached hydrogens (tertiary/aromatic N) is 3. The zero-order chi connectivity index (χ0) is 21.5. The molecule has 0 atom stereocenters. The molecule has 0 bridgehead atoms. The summed E-state index contributed by atoms with van der Waals surface area (Å²) >= 11 is 0. The van der Waals surface area contributed by atoms with Crippen LogP contribution >= 0.6 is 12.4 Å². The summed E-state index contributed by atoms with van der Waals surface area (Å²) in [6.45, 7) is 2.91. The highest BCUT2D eigenvalue weighted by molar-refractivity contribution is 5.91. The molecule has 1 fully saturated rings. The normalized spacial score (nSPS) is 15.1. The van der Waals surface area contributed by atoms with E-state index in [2.05, 4.69) is 20.3 Å². The fraction of sp³-hybridized carbons (Fsp3) is 0.350. The van der Waals surface area contributed by atoms with Crippen LogP contribution in [-0.4, -0.2) is 34.1 Å². The third-order valence-corrected chi connectivity index (χ3v) is 5.10. The minimum absolute atomic E-state index is 0. The fourth-order valence-electron chi connectivity index (χ4n) is 3.57. The number of aromatic amines is 1. The van der Waals surface area contributed by atoms with Gasteiger partial charge >= 0.3 is 6.18 Å². The monoisotopic (exact) mass is 454 g/mol. The van der Waals surface area contributed by atoms with E-state index in [4.69, 9.17) is 5.73 Å². The molecule has 0 spiro atoms. The van der Waals surface area contributed by atoms with Gasteiger partial charge < -0.3 is 20.9 Å². The standard InChI is InChI=1S/C20H21F3N6O.ClH/c1-11-8-12(20(21,22)23)10-14(9-11)26-17-16-15(2-5-25-18(16)30)27-19(28-17)29-6-3-13(24)4-7-29;/h2,5,8-10,13H,3-4,6-7,24H2,1H3,(H,25,30)(H,26,27,28);1H. The van der Waals surface area contributed by atoms with Gasteiger partial charge in [-0.25, -0.2) is 4.98 Å². The van der Waals surface area contributed by atoms with Gasteiger partial charge in [-0.15, -0.1) is 12.4 Å². The molecule has 4 rings (SSSR count). The number of hydrogen-bond donors (Lipinski definition) is 3. The summed E-state index contributed by atoms with van der Waals surface area (Å²) in [5.74, 6) is 0.566. The Morgan fingerprint density at radius 3 is 2.58 bits per heavy atom. The van der Waals surface area contributed by atoms with E-state index in [0.717, 1.165) is 25.0 Å². The van der Waals surface area contributed by atoms with Crippen LogP contribution in [0.4, 0.5) is 30.6 Å². The Hall–Kier alpha value is -2.85. The van der Waals surface area contributed by atoms with Crippen molar-refractivity contribution in [1.82, 2.24) is 15.0 Å².